The van der Waals surface area contributed by atoms with Gasteiger partial charge in [-0.05, 0) is 18.1 Å². The minimum absolute atomic E-state index is 0.0586. The van der Waals surface area contributed by atoms with Crippen LogP contribution in [-0.4, -0.2) is 19.8 Å². The van der Waals surface area contributed by atoms with Gasteiger partial charge in [0.2, 0.25) is 0 Å². The molecule has 2 N–H and O–H groups in total. The largest absolute Gasteiger partial charge is 0.390 e. The summed E-state index contributed by atoms with van der Waals surface area (Å²) in [6.45, 7) is 1.90. The normalized spacial score (nSPS) is 13.4. The van der Waals surface area contributed by atoms with Crippen molar-refractivity contribution in [2.24, 2.45) is 5.73 Å². The van der Waals surface area contributed by atoms with Crippen molar-refractivity contribution in [3.05, 3.63) is 29.8 Å². The highest BCUT2D eigenvalue weighted by Gasteiger charge is 2.27. The first-order valence-electron chi connectivity index (χ1n) is 5.97. The van der Waals surface area contributed by atoms with Crippen LogP contribution in [-0.2, 0) is 0 Å². The molecule has 0 radical (unpaired) electrons. The molecule has 0 unspecified atom stereocenters. The SMILES string of the molecule is CC[C@H](N)c1ccccc1N(C)CCC(F)(F)F. The van der Waals surface area contributed by atoms with Gasteiger partial charge in [-0.1, -0.05) is 25.1 Å². The van der Waals surface area contributed by atoms with Gasteiger partial charge in [-0.3, -0.25) is 0 Å². The van der Waals surface area contributed by atoms with E-state index in [1.54, 1.807) is 18.0 Å². The fraction of sp³-hybridized carbons (Fsp3) is 0.538. The van der Waals surface area contributed by atoms with Crippen molar-refractivity contribution in [2.75, 3.05) is 18.5 Å². The molecule has 18 heavy (non-hydrogen) atoms. The summed E-state index contributed by atoms with van der Waals surface area (Å²) < 4.78 is 36.6. The van der Waals surface area contributed by atoms with E-state index in [-0.39, 0.29) is 12.6 Å². The maximum Gasteiger partial charge on any atom is 0.390 e. The highest BCUT2D eigenvalue weighted by Crippen LogP contribution is 2.27. The van der Waals surface area contributed by atoms with E-state index in [1.165, 1.54) is 0 Å². The average molecular weight is 260 g/mol. The van der Waals surface area contributed by atoms with Crippen LogP contribution in [0.1, 0.15) is 31.4 Å². The fourth-order valence-corrected chi connectivity index (χ4v) is 1.78. The third kappa shape index (κ3) is 4.22. The van der Waals surface area contributed by atoms with Gasteiger partial charge in [0.25, 0.3) is 0 Å². The zero-order valence-corrected chi connectivity index (χ0v) is 10.7. The van der Waals surface area contributed by atoms with Crippen LogP contribution in [0.3, 0.4) is 0 Å². The van der Waals surface area contributed by atoms with Crippen LogP contribution in [0.5, 0.6) is 0 Å². The predicted octanol–water partition coefficient (Wildman–Crippen LogP) is 3.49. The van der Waals surface area contributed by atoms with Gasteiger partial charge >= 0.3 is 6.18 Å². The average Bonchev–Trinajstić information content (AvgIpc) is 2.34. The van der Waals surface area contributed by atoms with Crippen molar-refractivity contribution >= 4 is 5.69 Å². The van der Waals surface area contributed by atoms with E-state index in [0.29, 0.717) is 0 Å². The summed E-state index contributed by atoms with van der Waals surface area (Å²) in [5.41, 5.74) is 7.63. The number of anilines is 1. The van der Waals surface area contributed by atoms with Crippen molar-refractivity contribution < 1.29 is 13.2 Å². The molecule has 0 saturated carbocycles. The van der Waals surface area contributed by atoms with Crippen LogP contribution >= 0.6 is 0 Å². The third-order valence-corrected chi connectivity index (χ3v) is 2.92. The summed E-state index contributed by atoms with van der Waals surface area (Å²) in [5, 5.41) is 0. The molecule has 0 aliphatic rings. The van der Waals surface area contributed by atoms with Crippen molar-refractivity contribution in [2.45, 2.75) is 32.0 Å². The first-order chi connectivity index (χ1) is 8.35. The molecule has 0 fully saturated rings. The Morgan fingerprint density at radius 1 is 1.28 bits per heavy atom. The Morgan fingerprint density at radius 2 is 1.89 bits per heavy atom. The molecule has 1 atom stereocenters. The quantitative estimate of drug-likeness (QED) is 0.878. The van der Waals surface area contributed by atoms with E-state index < -0.39 is 12.6 Å². The highest BCUT2D eigenvalue weighted by molar-refractivity contribution is 5.54. The lowest BCUT2D eigenvalue weighted by molar-refractivity contribution is -0.132. The van der Waals surface area contributed by atoms with E-state index >= 15 is 0 Å². The molecule has 5 heteroatoms. The summed E-state index contributed by atoms with van der Waals surface area (Å²) in [7, 11) is 1.66. The van der Waals surface area contributed by atoms with Gasteiger partial charge < -0.3 is 10.6 Å². The topological polar surface area (TPSA) is 29.3 Å². The van der Waals surface area contributed by atoms with E-state index in [2.05, 4.69) is 0 Å². The molecule has 102 valence electrons. The van der Waals surface area contributed by atoms with E-state index in [1.807, 2.05) is 25.1 Å². The predicted molar refractivity (Wildman–Crippen MR) is 67.6 cm³/mol. The monoisotopic (exact) mass is 260 g/mol. The molecule has 0 spiro atoms. The molecule has 2 nitrogen and oxygen atoms in total. The Labute approximate surface area is 106 Å². The number of hydrogen-bond donors (Lipinski definition) is 1. The molecule has 1 rings (SSSR count). The maximum atomic E-state index is 12.2. The number of halogens is 3. The van der Waals surface area contributed by atoms with Gasteiger partial charge in [0.05, 0.1) is 6.42 Å². The second-order valence-corrected chi connectivity index (χ2v) is 4.36. The summed E-state index contributed by atoms with van der Waals surface area (Å²) >= 11 is 0. The van der Waals surface area contributed by atoms with Gasteiger partial charge in [-0.25, -0.2) is 0 Å². The number of benzene rings is 1. The number of nitrogens with two attached hydrogens (primary N) is 1. The lowest BCUT2D eigenvalue weighted by Gasteiger charge is -2.25. The molecular formula is C13H19F3N2. The van der Waals surface area contributed by atoms with Gasteiger partial charge in [0.15, 0.2) is 0 Å². The summed E-state index contributed by atoms with van der Waals surface area (Å²) in [5.74, 6) is 0. The molecule has 1 aromatic rings. The zero-order valence-electron chi connectivity index (χ0n) is 10.7. The summed E-state index contributed by atoms with van der Waals surface area (Å²) in [4.78, 5) is 1.61. The van der Waals surface area contributed by atoms with Crippen LogP contribution in [0, 0.1) is 0 Å². The fourth-order valence-electron chi connectivity index (χ4n) is 1.78. The van der Waals surface area contributed by atoms with E-state index in [9.17, 15) is 13.2 Å². The Balaban J connectivity index is 2.82. The van der Waals surface area contributed by atoms with Gasteiger partial charge in [0.1, 0.15) is 0 Å². The number of para-hydroxylation sites is 1. The molecule has 0 aromatic heterocycles. The second-order valence-electron chi connectivity index (χ2n) is 4.36. The molecule has 0 aliphatic heterocycles. The van der Waals surface area contributed by atoms with Crippen LogP contribution in [0.2, 0.25) is 0 Å². The van der Waals surface area contributed by atoms with Crippen molar-refractivity contribution in [1.82, 2.24) is 0 Å². The number of rotatable bonds is 5. The summed E-state index contributed by atoms with van der Waals surface area (Å²) in [6.07, 6.45) is -4.20. The van der Waals surface area contributed by atoms with Crippen molar-refractivity contribution in [3.8, 4) is 0 Å². The van der Waals surface area contributed by atoms with E-state index in [0.717, 1.165) is 17.7 Å². The molecule has 0 heterocycles. The lowest BCUT2D eigenvalue weighted by Crippen LogP contribution is -2.26. The molecule has 0 aliphatic carbocycles. The van der Waals surface area contributed by atoms with Gasteiger partial charge in [-0.15, -0.1) is 0 Å². The van der Waals surface area contributed by atoms with Gasteiger partial charge in [-0.2, -0.15) is 13.2 Å². The van der Waals surface area contributed by atoms with Crippen LogP contribution in [0.25, 0.3) is 0 Å². The Hall–Kier alpha value is -1.23. The van der Waals surface area contributed by atoms with Crippen LogP contribution in [0.15, 0.2) is 24.3 Å². The van der Waals surface area contributed by atoms with E-state index in [4.69, 9.17) is 5.73 Å². The first kappa shape index (κ1) is 14.8. The molecule has 0 amide bonds. The van der Waals surface area contributed by atoms with Gasteiger partial charge in [0, 0.05) is 25.3 Å². The molecule has 0 bridgehead atoms. The molecule has 1 aromatic carbocycles. The number of nitrogens with zero attached hydrogens (tertiary/aromatic N) is 1. The minimum atomic E-state index is -4.13. The Kier molecular flexibility index (Phi) is 5.02. The number of hydrogen-bond acceptors (Lipinski definition) is 2. The molecule has 0 saturated heterocycles. The maximum absolute atomic E-state index is 12.2. The van der Waals surface area contributed by atoms with Crippen LogP contribution < -0.4 is 10.6 Å². The standard InChI is InChI=1S/C13H19F3N2/c1-3-11(17)10-6-4-5-7-12(10)18(2)9-8-13(14,15)16/h4-7,11H,3,8-9,17H2,1-2H3/t11-/m0/s1. The summed E-state index contributed by atoms with van der Waals surface area (Å²) in [6, 6.07) is 7.20. The second kappa shape index (κ2) is 6.09. The Morgan fingerprint density at radius 3 is 2.44 bits per heavy atom. The third-order valence-electron chi connectivity index (χ3n) is 2.92. The van der Waals surface area contributed by atoms with Crippen molar-refractivity contribution in [1.29, 1.82) is 0 Å². The van der Waals surface area contributed by atoms with Crippen LogP contribution in [0.4, 0.5) is 18.9 Å². The smallest absolute Gasteiger partial charge is 0.374 e. The first-order valence-corrected chi connectivity index (χ1v) is 5.97. The highest BCUT2D eigenvalue weighted by atomic mass is 19.4. The molecular weight excluding hydrogens is 241 g/mol. The zero-order chi connectivity index (χ0) is 13.8. The lowest BCUT2D eigenvalue weighted by atomic mass is 10.0. The Bertz CT molecular complexity index is 377. The minimum Gasteiger partial charge on any atom is -0.374 e. The number of alkyl halides is 3. The van der Waals surface area contributed by atoms with Crippen molar-refractivity contribution in [3.63, 3.8) is 0 Å².